The van der Waals surface area contributed by atoms with Gasteiger partial charge in [0, 0.05) is 12.7 Å². The number of pyridine rings is 1. The van der Waals surface area contributed by atoms with Gasteiger partial charge in [0.25, 0.3) is 0 Å². The molecule has 0 amide bonds. The normalized spacial score (nSPS) is 11.5. The summed E-state index contributed by atoms with van der Waals surface area (Å²) in [6.07, 6.45) is -4.73. The van der Waals surface area contributed by atoms with Crippen LogP contribution in [-0.4, -0.2) is 28.4 Å². The van der Waals surface area contributed by atoms with Gasteiger partial charge in [0.15, 0.2) is 5.82 Å². The molecular weight excluding hydrogens is 337 g/mol. The molecule has 1 aromatic carbocycles. The number of nitrogen functional groups attached to an aromatic ring is 2. The van der Waals surface area contributed by atoms with E-state index < -0.39 is 6.36 Å². The molecule has 0 saturated heterocycles. The molecular formula is C15H13F3N6O. The van der Waals surface area contributed by atoms with Gasteiger partial charge in [0.1, 0.15) is 17.1 Å². The average Bonchev–Trinajstić information content (AvgIpc) is 2.53. The molecule has 0 unspecified atom stereocenters. The van der Waals surface area contributed by atoms with Crippen LogP contribution in [0.1, 0.15) is 0 Å². The number of fused-ring (bicyclic) bond motifs is 1. The molecule has 0 aliphatic heterocycles. The van der Waals surface area contributed by atoms with E-state index in [1.54, 1.807) is 24.1 Å². The van der Waals surface area contributed by atoms with Gasteiger partial charge in [-0.15, -0.1) is 13.2 Å². The lowest BCUT2D eigenvalue weighted by Gasteiger charge is -2.19. The molecule has 0 fully saturated rings. The maximum Gasteiger partial charge on any atom is 0.573 e. The first kappa shape index (κ1) is 16.6. The Hall–Kier alpha value is -3.30. The van der Waals surface area contributed by atoms with Crippen molar-refractivity contribution in [1.82, 2.24) is 15.0 Å². The number of benzene rings is 1. The smallest absolute Gasteiger partial charge is 0.406 e. The lowest BCUT2D eigenvalue weighted by atomic mass is 10.2. The van der Waals surface area contributed by atoms with E-state index in [-0.39, 0.29) is 17.5 Å². The van der Waals surface area contributed by atoms with E-state index in [4.69, 9.17) is 11.5 Å². The van der Waals surface area contributed by atoms with Crippen molar-refractivity contribution in [1.29, 1.82) is 0 Å². The van der Waals surface area contributed by atoms with Gasteiger partial charge in [-0.3, -0.25) is 0 Å². The molecule has 0 saturated carbocycles. The molecule has 0 aliphatic rings. The molecule has 2 aromatic heterocycles. The number of hydrogen-bond acceptors (Lipinski definition) is 7. The lowest BCUT2D eigenvalue weighted by Crippen LogP contribution is -2.17. The minimum atomic E-state index is -4.73. The maximum absolute atomic E-state index is 12.2. The molecule has 10 heteroatoms. The van der Waals surface area contributed by atoms with E-state index in [1.165, 1.54) is 24.3 Å². The van der Waals surface area contributed by atoms with Crippen LogP contribution in [0.2, 0.25) is 0 Å². The zero-order valence-electron chi connectivity index (χ0n) is 12.9. The Kier molecular flexibility index (Phi) is 3.95. The number of alkyl halides is 3. The first-order valence-corrected chi connectivity index (χ1v) is 7.02. The monoisotopic (exact) mass is 350 g/mol. The van der Waals surface area contributed by atoms with Crippen molar-refractivity contribution in [3.63, 3.8) is 0 Å². The molecule has 0 aliphatic carbocycles. The predicted molar refractivity (Wildman–Crippen MR) is 87.3 cm³/mol. The van der Waals surface area contributed by atoms with Crippen molar-refractivity contribution < 1.29 is 17.9 Å². The number of halogens is 3. The van der Waals surface area contributed by atoms with Crippen LogP contribution in [0.5, 0.6) is 5.75 Å². The fourth-order valence-corrected chi connectivity index (χ4v) is 2.24. The Morgan fingerprint density at radius 2 is 1.64 bits per heavy atom. The molecule has 0 spiro atoms. The molecule has 130 valence electrons. The summed E-state index contributed by atoms with van der Waals surface area (Å²) in [5, 5.41) is 0. The van der Waals surface area contributed by atoms with E-state index in [9.17, 15) is 13.2 Å². The second-order valence-corrected chi connectivity index (χ2v) is 5.10. The van der Waals surface area contributed by atoms with Crippen LogP contribution >= 0.6 is 0 Å². The number of nitrogens with two attached hydrogens (primary N) is 2. The van der Waals surface area contributed by atoms with E-state index in [0.29, 0.717) is 22.5 Å². The Bertz CT molecular complexity index is 914. The van der Waals surface area contributed by atoms with Gasteiger partial charge in [-0.05, 0) is 36.4 Å². The molecule has 3 aromatic rings. The fraction of sp³-hybridized carbons (Fsp3) is 0.133. The molecule has 0 bridgehead atoms. The van der Waals surface area contributed by atoms with Crippen molar-refractivity contribution in [2.75, 3.05) is 23.4 Å². The molecule has 2 heterocycles. The van der Waals surface area contributed by atoms with Crippen molar-refractivity contribution in [2.24, 2.45) is 0 Å². The Balaban J connectivity index is 1.90. The molecule has 7 nitrogen and oxygen atoms in total. The van der Waals surface area contributed by atoms with Crippen molar-refractivity contribution >= 4 is 34.3 Å². The van der Waals surface area contributed by atoms with Crippen LogP contribution in [0.4, 0.5) is 36.4 Å². The second-order valence-electron chi connectivity index (χ2n) is 5.10. The largest absolute Gasteiger partial charge is 0.573 e. The van der Waals surface area contributed by atoms with Gasteiger partial charge in [-0.2, -0.15) is 4.98 Å². The molecule has 0 atom stereocenters. The average molecular weight is 350 g/mol. The zero-order chi connectivity index (χ0) is 18.2. The number of rotatable bonds is 3. The van der Waals surface area contributed by atoms with Gasteiger partial charge in [0.05, 0.1) is 5.52 Å². The third-order valence-electron chi connectivity index (χ3n) is 3.37. The summed E-state index contributed by atoms with van der Waals surface area (Å²) in [5.74, 6) is 0.404. The van der Waals surface area contributed by atoms with E-state index in [0.717, 1.165) is 0 Å². The standard InChI is InChI=1S/C15H13F3N6O/c1-24(8-2-4-9(5-3-8)25-15(16,17)18)11-7-6-10-12(22-11)13(19)23-14(20)21-10/h2-7H,1H3,(H4,19,20,21,23). The minimum absolute atomic E-state index is 0.0492. The number of hydrogen-bond donors (Lipinski definition) is 2. The Labute approximate surface area is 140 Å². The zero-order valence-corrected chi connectivity index (χ0v) is 12.9. The summed E-state index contributed by atoms with van der Waals surface area (Å²) in [7, 11) is 1.71. The van der Waals surface area contributed by atoms with Crippen molar-refractivity contribution in [2.45, 2.75) is 6.36 Å². The fourth-order valence-electron chi connectivity index (χ4n) is 2.24. The van der Waals surface area contributed by atoms with Gasteiger partial charge in [-0.1, -0.05) is 0 Å². The summed E-state index contributed by atoms with van der Waals surface area (Å²) >= 11 is 0. The third-order valence-corrected chi connectivity index (χ3v) is 3.37. The maximum atomic E-state index is 12.2. The summed E-state index contributed by atoms with van der Waals surface area (Å²) in [6.45, 7) is 0. The van der Waals surface area contributed by atoms with Gasteiger partial charge in [0.2, 0.25) is 5.95 Å². The van der Waals surface area contributed by atoms with Crippen molar-refractivity contribution in [3.8, 4) is 5.75 Å². The number of nitrogens with zero attached hydrogens (tertiary/aromatic N) is 4. The van der Waals surface area contributed by atoms with Crippen LogP contribution in [0, 0.1) is 0 Å². The number of aromatic nitrogens is 3. The number of ether oxygens (including phenoxy) is 1. The minimum Gasteiger partial charge on any atom is -0.406 e. The van der Waals surface area contributed by atoms with E-state index >= 15 is 0 Å². The Morgan fingerprint density at radius 3 is 2.28 bits per heavy atom. The van der Waals surface area contributed by atoms with Crippen LogP contribution in [0.3, 0.4) is 0 Å². The second kappa shape index (κ2) is 5.96. The Morgan fingerprint density at radius 1 is 0.960 bits per heavy atom. The predicted octanol–water partition coefficient (Wildman–Crippen LogP) is 2.86. The highest BCUT2D eigenvalue weighted by Gasteiger charge is 2.31. The van der Waals surface area contributed by atoms with E-state index in [2.05, 4.69) is 19.7 Å². The first-order valence-electron chi connectivity index (χ1n) is 7.02. The third kappa shape index (κ3) is 3.62. The van der Waals surface area contributed by atoms with Gasteiger partial charge >= 0.3 is 6.36 Å². The van der Waals surface area contributed by atoms with Gasteiger partial charge in [-0.25, -0.2) is 9.97 Å². The topological polar surface area (TPSA) is 103 Å². The van der Waals surface area contributed by atoms with Crippen LogP contribution in [-0.2, 0) is 0 Å². The summed E-state index contributed by atoms with van der Waals surface area (Å²) in [6, 6.07) is 8.78. The quantitative estimate of drug-likeness (QED) is 0.748. The SMILES string of the molecule is CN(c1ccc(OC(F)(F)F)cc1)c1ccc2nc(N)nc(N)c2n1. The summed E-state index contributed by atoms with van der Waals surface area (Å²) in [5.41, 5.74) is 12.8. The van der Waals surface area contributed by atoms with Gasteiger partial charge < -0.3 is 21.1 Å². The molecule has 4 N–H and O–H groups in total. The highest BCUT2D eigenvalue weighted by molar-refractivity contribution is 5.86. The van der Waals surface area contributed by atoms with Crippen LogP contribution < -0.4 is 21.1 Å². The van der Waals surface area contributed by atoms with Crippen molar-refractivity contribution in [3.05, 3.63) is 36.4 Å². The highest BCUT2D eigenvalue weighted by Crippen LogP contribution is 2.29. The number of anilines is 4. The first-order chi connectivity index (χ1) is 11.7. The molecule has 25 heavy (non-hydrogen) atoms. The summed E-state index contributed by atoms with van der Waals surface area (Å²) < 4.78 is 40.5. The van der Waals surface area contributed by atoms with Crippen LogP contribution in [0.15, 0.2) is 36.4 Å². The molecule has 0 radical (unpaired) electrons. The summed E-state index contributed by atoms with van der Waals surface area (Å²) in [4.78, 5) is 14.0. The highest BCUT2D eigenvalue weighted by atomic mass is 19.4. The van der Waals surface area contributed by atoms with E-state index in [1.807, 2.05) is 0 Å². The van der Waals surface area contributed by atoms with Crippen LogP contribution in [0.25, 0.3) is 11.0 Å². The molecule has 3 rings (SSSR count). The lowest BCUT2D eigenvalue weighted by molar-refractivity contribution is -0.274.